The third-order valence-corrected chi connectivity index (χ3v) is 2.80. The number of hydrogen-bond donors (Lipinski definition) is 2. The summed E-state index contributed by atoms with van der Waals surface area (Å²) in [5.41, 5.74) is 0.742. The highest BCUT2D eigenvalue weighted by Crippen LogP contribution is 2.23. The molecule has 0 aliphatic heterocycles. The summed E-state index contributed by atoms with van der Waals surface area (Å²) in [7, 11) is 1.92. The van der Waals surface area contributed by atoms with Gasteiger partial charge >= 0.3 is 0 Å². The second kappa shape index (κ2) is 3.79. The Bertz CT molecular complexity index is 482. The molecule has 0 aliphatic carbocycles. The van der Waals surface area contributed by atoms with Gasteiger partial charge in [0.25, 0.3) is 0 Å². The highest BCUT2D eigenvalue weighted by Gasteiger charge is 2.22. The van der Waals surface area contributed by atoms with Gasteiger partial charge in [0.1, 0.15) is 17.3 Å². The normalized spacial score (nSPS) is 12.0. The van der Waals surface area contributed by atoms with Gasteiger partial charge in [0.05, 0.1) is 11.7 Å². The first-order valence-corrected chi connectivity index (χ1v) is 5.34. The van der Waals surface area contributed by atoms with Gasteiger partial charge in [-0.25, -0.2) is 4.98 Å². The van der Waals surface area contributed by atoms with Crippen molar-refractivity contribution in [3.8, 4) is 11.5 Å². The first kappa shape index (κ1) is 11.0. The molecule has 0 aliphatic rings. The van der Waals surface area contributed by atoms with Crippen LogP contribution < -0.4 is 5.32 Å². The van der Waals surface area contributed by atoms with Crippen LogP contribution in [0.4, 0.5) is 0 Å². The molecule has 86 valence electrons. The smallest absolute Gasteiger partial charge is 0.152 e. The second-order valence-electron chi connectivity index (χ2n) is 4.43. The van der Waals surface area contributed by atoms with E-state index in [0.29, 0.717) is 0 Å². The molecule has 0 bridgehead atoms. The third kappa shape index (κ3) is 1.88. The molecule has 0 atom stereocenters. The molecule has 0 saturated carbocycles. The average molecular weight is 219 g/mol. The summed E-state index contributed by atoms with van der Waals surface area (Å²) in [4.78, 5) is 7.63. The Hall–Kier alpha value is -1.55. The molecule has 0 fully saturated rings. The van der Waals surface area contributed by atoms with E-state index in [0.717, 1.165) is 23.0 Å². The summed E-state index contributed by atoms with van der Waals surface area (Å²) in [6, 6.07) is 3.89. The lowest BCUT2D eigenvalue weighted by Crippen LogP contribution is -2.34. The van der Waals surface area contributed by atoms with E-state index in [1.165, 1.54) is 0 Å². The van der Waals surface area contributed by atoms with Crippen LogP contribution in [-0.4, -0.2) is 17.0 Å². The third-order valence-electron chi connectivity index (χ3n) is 2.80. The lowest BCUT2D eigenvalue weighted by Gasteiger charge is -2.20. The van der Waals surface area contributed by atoms with Crippen molar-refractivity contribution in [1.82, 2.24) is 15.3 Å². The fourth-order valence-electron chi connectivity index (χ4n) is 1.46. The van der Waals surface area contributed by atoms with Gasteiger partial charge in [0, 0.05) is 0 Å². The molecule has 0 unspecified atom stereocenters. The van der Waals surface area contributed by atoms with E-state index in [4.69, 9.17) is 4.42 Å². The molecule has 0 saturated heterocycles. The molecule has 4 nitrogen and oxygen atoms in total. The van der Waals surface area contributed by atoms with Crippen LogP contribution in [-0.2, 0) is 5.54 Å². The van der Waals surface area contributed by atoms with Gasteiger partial charge in [0.15, 0.2) is 5.76 Å². The van der Waals surface area contributed by atoms with Crippen LogP contribution in [0.15, 0.2) is 22.7 Å². The van der Waals surface area contributed by atoms with Crippen LogP contribution in [0.5, 0.6) is 0 Å². The van der Waals surface area contributed by atoms with E-state index in [1.807, 2.05) is 26.1 Å². The SMILES string of the molecule is CNC(C)(C)c1ncc(-c2ccc(C)o2)[nH]1. The monoisotopic (exact) mass is 219 g/mol. The minimum Gasteiger partial charge on any atom is -0.460 e. The van der Waals surface area contributed by atoms with Gasteiger partial charge in [-0.1, -0.05) is 0 Å². The summed E-state index contributed by atoms with van der Waals surface area (Å²) in [6.07, 6.45) is 1.80. The maximum absolute atomic E-state index is 5.54. The molecule has 16 heavy (non-hydrogen) atoms. The lowest BCUT2D eigenvalue weighted by atomic mass is 10.1. The summed E-state index contributed by atoms with van der Waals surface area (Å²) >= 11 is 0. The van der Waals surface area contributed by atoms with Gasteiger partial charge in [-0.3, -0.25) is 0 Å². The molecule has 2 N–H and O–H groups in total. The predicted octanol–water partition coefficient (Wildman–Crippen LogP) is 2.43. The first-order valence-electron chi connectivity index (χ1n) is 5.34. The Labute approximate surface area is 95.1 Å². The van der Waals surface area contributed by atoms with Gasteiger partial charge in [-0.15, -0.1) is 0 Å². The second-order valence-corrected chi connectivity index (χ2v) is 4.43. The zero-order valence-electron chi connectivity index (χ0n) is 10.1. The average Bonchev–Trinajstić information content (AvgIpc) is 2.85. The zero-order chi connectivity index (χ0) is 11.8. The largest absolute Gasteiger partial charge is 0.460 e. The molecule has 0 amide bonds. The summed E-state index contributed by atoms with van der Waals surface area (Å²) in [5, 5.41) is 3.20. The number of nitrogens with zero attached hydrogens (tertiary/aromatic N) is 1. The Morgan fingerprint density at radius 3 is 2.69 bits per heavy atom. The molecule has 0 spiro atoms. The van der Waals surface area contributed by atoms with Gasteiger partial charge in [0.2, 0.25) is 0 Å². The fourth-order valence-corrected chi connectivity index (χ4v) is 1.46. The number of aromatic amines is 1. The molecule has 4 heteroatoms. The minimum atomic E-state index is -0.167. The first-order chi connectivity index (χ1) is 7.53. The van der Waals surface area contributed by atoms with Crippen molar-refractivity contribution in [2.45, 2.75) is 26.3 Å². The van der Waals surface area contributed by atoms with E-state index >= 15 is 0 Å². The Morgan fingerprint density at radius 2 is 2.12 bits per heavy atom. The molecular weight excluding hydrogens is 202 g/mol. The molecular formula is C12H17N3O. The molecule has 2 aromatic rings. The fraction of sp³-hybridized carbons (Fsp3) is 0.417. The maximum atomic E-state index is 5.54. The number of H-pyrrole nitrogens is 1. The highest BCUT2D eigenvalue weighted by atomic mass is 16.3. The summed E-state index contributed by atoms with van der Waals surface area (Å²) in [6.45, 7) is 6.07. The number of rotatable bonds is 3. The van der Waals surface area contributed by atoms with Crippen molar-refractivity contribution in [3.05, 3.63) is 29.9 Å². The van der Waals surface area contributed by atoms with E-state index in [1.54, 1.807) is 6.20 Å². The zero-order valence-corrected chi connectivity index (χ0v) is 10.1. The number of aryl methyl sites for hydroxylation is 1. The topological polar surface area (TPSA) is 53.9 Å². The van der Waals surface area contributed by atoms with Crippen LogP contribution in [0.2, 0.25) is 0 Å². The quantitative estimate of drug-likeness (QED) is 0.833. The highest BCUT2D eigenvalue weighted by molar-refractivity contribution is 5.51. The summed E-state index contributed by atoms with van der Waals surface area (Å²) < 4.78 is 5.54. The number of imidazole rings is 1. The van der Waals surface area contributed by atoms with E-state index in [9.17, 15) is 0 Å². The summed E-state index contributed by atoms with van der Waals surface area (Å²) in [5.74, 6) is 2.63. The molecule has 2 aromatic heterocycles. The van der Waals surface area contributed by atoms with E-state index < -0.39 is 0 Å². The van der Waals surface area contributed by atoms with Crippen LogP contribution in [0.1, 0.15) is 25.4 Å². The number of furan rings is 1. The van der Waals surface area contributed by atoms with Crippen LogP contribution >= 0.6 is 0 Å². The standard InChI is InChI=1S/C12H17N3O/c1-8-5-6-10(16-8)9-7-14-11(15-9)12(2,3)13-4/h5-7,13H,1-4H3,(H,14,15). The molecule has 2 heterocycles. The van der Waals surface area contributed by atoms with E-state index in [-0.39, 0.29) is 5.54 Å². The number of aromatic nitrogens is 2. The molecule has 0 radical (unpaired) electrons. The maximum Gasteiger partial charge on any atom is 0.152 e. The lowest BCUT2D eigenvalue weighted by molar-refractivity contribution is 0.420. The van der Waals surface area contributed by atoms with Gasteiger partial charge in [-0.05, 0) is 40.0 Å². The number of nitrogens with one attached hydrogen (secondary N) is 2. The Balaban J connectivity index is 2.33. The van der Waals surface area contributed by atoms with Crippen molar-refractivity contribution in [3.63, 3.8) is 0 Å². The molecule has 2 rings (SSSR count). The minimum absolute atomic E-state index is 0.167. The predicted molar refractivity (Wildman–Crippen MR) is 63.1 cm³/mol. The van der Waals surface area contributed by atoms with Gasteiger partial charge in [-0.2, -0.15) is 0 Å². The van der Waals surface area contributed by atoms with Crippen molar-refractivity contribution < 1.29 is 4.42 Å². The molecule has 0 aromatic carbocycles. The van der Waals surface area contributed by atoms with E-state index in [2.05, 4.69) is 29.1 Å². The van der Waals surface area contributed by atoms with Crippen molar-refractivity contribution >= 4 is 0 Å². The Kier molecular flexibility index (Phi) is 2.59. The number of hydrogen-bond acceptors (Lipinski definition) is 3. The van der Waals surface area contributed by atoms with Crippen LogP contribution in [0.3, 0.4) is 0 Å². The van der Waals surface area contributed by atoms with Crippen molar-refractivity contribution in [2.75, 3.05) is 7.05 Å². The van der Waals surface area contributed by atoms with Crippen molar-refractivity contribution in [2.24, 2.45) is 0 Å². The Morgan fingerprint density at radius 1 is 1.38 bits per heavy atom. The van der Waals surface area contributed by atoms with Crippen LogP contribution in [0.25, 0.3) is 11.5 Å². The van der Waals surface area contributed by atoms with Gasteiger partial charge < -0.3 is 14.7 Å². The van der Waals surface area contributed by atoms with Crippen LogP contribution in [0, 0.1) is 6.92 Å². The van der Waals surface area contributed by atoms with Crippen molar-refractivity contribution in [1.29, 1.82) is 0 Å².